The van der Waals surface area contributed by atoms with E-state index in [-0.39, 0.29) is 5.91 Å². The second kappa shape index (κ2) is 5.10. The highest BCUT2D eigenvalue weighted by Crippen LogP contribution is 2.25. The van der Waals surface area contributed by atoms with Gasteiger partial charge in [-0.3, -0.25) is 4.79 Å². The van der Waals surface area contributed by atoms with Crippen molar-refractivity contribution in [3.05, 3.63) is 17.0 Å². The lowest BCUT2D eigenvalue weighted by Gasteiger charge is -2.36. The first-order valence-corrected chi connectivity index (χ1v) is 6.46. The van der Waals surface area contributed by atoms with Gasteiger partial charge in [-0.1, -0.05) is 12.1 Å². The van der Waals surface area contributed by atoms with Gasteiger partial charge < -0.3 is 15.2 Å². The number of hydrogen-bond donors (Lipinski definition) is 1. The Morgan fingerprint density at radius 3 is 2.83 bits per heavy atom. The summed E-state index contributed by atoms with van der Waals surface area (Å²) in [6.45, 7) is 7.94. The van der Waals surface area contributed by atoms with Crippen LogP contribution in [0.2, 0.25) is 0 Å². The highest BCUT2D eigenvalue weighted by molar-refractivity contribution is 5.96. The zero-order valence-electron chi connectivity index (χ0n) is 11.3. The first kappa shape index (κ1) is 13.1. The molecule has 0 spiro atoms. The van der Waals surface area contributed by atoms with Crippen molar-refractivity contribution < 1.29 is 9.32 Å². The molecule has 2 rings (SSSR count). The number of likely N-dealkylation sites (tertiary alicyclic amines) is 1. The van der Waals surface area contributed by atoms with Crippen LogP contribution >= 0.6 is 0 Å². The van der Waals surface area contributed by atoms with E-state index in [1.165, 1.54) is 0 Å². The van der Waals surface area contributed by atoms with Crippen molar-refractivity contribution in [3.63, 3.8) is 0 Å². The van der Waals surface area contributed by atoms with Crippen LogP contribution in [-0.2, 0) is 0 Å². The fourth-order valence-corrected chi connectivity index (χ4v) is 2.59. The molecule has 1 aliphatic heterocycles. The van der Waals surface area contributed by atoms with Gasteiger partial charge in [0, 0.05) is 13.1 Å². The average Bonchev–Trinajstić information content (AvgIpc) is 2.69. The van der Waals surface area contributed by atoms with E-state index < -0.39 is 0 Å². The number of nitrogens with zero attached hydrogens (tertiary/aromatic N) is 2. The quantitative estimate of drug-likeness (QED) is 0.861. The Balaban J connectivity index is 2.15. The average molecular weight is 251 g/mol. The molecular weight excluding hydrogens is 230 g/mol. The first-order chi connectivity index (χ1) is 8.54. The number of piperidine rings is 1. The summed E-state index contributed by atoms with van der Waals surface area (Å²) in [5.41, 5.74) is 7.04. The van der Waals surface area contributed by atoms with E-state index in [1.54, 1.807) is 13.8 Å². The molecule has 1 aromatic heterocycles. The maximum atomic E-state index is 12.5. The highest BCUT2D eigenvalue weighted by Gasteiger charge is 2.30. The number of hydrogen-bond acceptors (Lipinski definition) is 4. The number of amides is 1. The molecule has 2 heterocycles. The number of aryl methyl sites for hydroxylation is 2. The molecule has 5 heteroatoms. The third-order valence-electron chi connectivity index (χ3n) is 3.95. The minimum Gasteiger partial charge on any atom is -0.361 e. The summed E-state index contributed by atoms with van der Waals surface area (Å²) in [4.78, 5) is 14.3. The fraction of sp³-hybridized carbons (Fsp3) is 0.692. The lowest BCUT2D eigenvalue weighted by molar-refractivity contribution is 0.0616. The number of nitrogens with two attached hydrogens (primary N) is 1. The van der Waals surface area contributed by atoms with E-state index in [4.69, 9.17) is 10.3 Å². The van der Waals surface area contributed by atoms with Crippen LogP contribution in [-0.4, -0.2) is 35.6 Å². The molecule has 1 aliphatic rings. The number of carbonyl (C=O) groups is 1. The van der Waals surface area contributed by atoms with Crippen LogP contribution in [0.25, 0.3) is 0 Å². The summed E-state index contributed by atoms with van der Waals surface area (Å²) in [6, 6.07) is 0. The Kier molecular flexibility index (Phi) is 3.71. The SMILES string of the molecule is Cc1noc(C)c1C(=O)N1CCC(C)C(CN)C1. The summed E-state index contributed by atoms with van der Waals surface area (Å²) in [5, 5.41) is 3.84. The van der Waals surface area contributed by atoms with Gasteiger partial charge in [-0.2, -0.15) is 0 Å². The smallest absolute Gasteiger partial charge is 0.259 e. The van der Waals surface area contributed by atoms with Crippen molar-refractivity contribution in [3.8, 4) is 0 Å². The van der Waals surface area contributed by atoms with Gasteiger partial charge in [-0.15, -0.1) is 0 Å². The van der Waals surface area contributed by atoms with Gasteiger partial charge in [0.2, 0.25) is 0 Å². The fourth-order valence-electron chi connectivity index (χ4n) is 2.59. The van der Waals surface area contributed by atoms with Gasteiger partial charge in [0.05, 0.1) is 5.69 Å². The maximum absolute atomic E-state index is 12.5. The molecule has 5 nitrogen and oxygen atoms in total. The molecule has 0 aliphatic carbocycles. The van der Waals surface area contributed by atoms with E-state index in [1.807, 2.05) is 4.90 Å². The predicted molar refractivity (Wildman–Crippen MR) is 68.2 cm³/mol. The molecule has 1 amide bonds. The molecule has 1 aromatic rings. The van der Waals surface area contributed by atoms with E-state index in [0.29, 0.717) is 35.4 Å². The predicted octanol–water partition coefficient (Wildman–Crippen LogP) is 1.35. The molecule has 2 N–H and O–H groups in total. The molecule has 0 bridgehead atoms. The monoisotopic (exact) mass is 251 g/mol. The van der Waals surface area contributed by atoms with Crippen LogP contribution in [0.5, 0.6) is 0 Å². The van der Waals surface area contributed by atoms with Gasteiger partial charge in [0.15, 0.2) is 0 Å². The topological polar surface area (TPSA) is 72.4 Å². The van der Waals surface area contributed by atoms with Crippen LogP contribution in [0.15, 0.2) is 4.52 Å². The van der Waals surface area contributed by atoms with Crippen molar-refractivity contribution in [1.82, 2.24) is 10.1 Å². The lowest BCUT2D eigenvalue weighted by Crippen LogP contribution is -2.45. The molecule has 0 saturated carbocycles. The maximum Gasteiger partial charge on any atom is 0.259 e. The molecule has 2 unspecified atom stereocenters. The standard InChI is InChI=1S/C13H21N3O2/c1-8-4-5-16(7-11(8)6-14)13(17)12-9(2)15-18-10(12)3/h8,11H,4-7,14H2,1-3H3. The van der Waals surface area contributed by atoms with Gasteiger partial charge in [0.1, 0.15) is 11.3 Å². The van der Waals surface area contributed by atoms with Crippen LogP contribution in [0.3, 0.4) is 0 Å². The van der Waals surface area contributed by atoms with Crippen LogP contribution in [0, 0.1) is 25.7 Å². The van der Waals surface area contributed by atoms with E-state index in [0.717, 1.165) is 19.5 Å². The van der Waals surface area contributed by atoms with Crippen molar-refractivity contribution in [2.75, 3.05) is 19.6 Å². The van der Waals surface area contributed by atoms with Crippen LogP contribution in [0.4, 0.5) is 0 Å². The summed E-state index contributed by atoms with van der Waals surface area (Å²) in [6.07, 6.45) is 1.01. The Hall–Kier alpha value is -1.36. The Morgan fingerprint density at radius 1 is 1.56 bits per heavy atom. The van der Waals surface area contributed by atoms with Gasteiger partial charge in [-0.25, -0.2) is 0 Å². The molecule has 1 fully saturated rings. The van der Waals surface area contributed by atoms with Crippen molar-refractivity contribution in [1.29, 1.82) is 0 Å². The van der Waals surface area contributed by atoms with Crippen LogP contribution < -0.4 is 5.73 Å². The first-order valence-electron chi connectivity index (χ1n) is 6.46. The van der Waals surface area contributed by atoms with E-state index in [9.17, 15) is 4.79 Å². The minimum absolute atomic E-state index is 0.0246. The zero-order chi connectivity index (χ0) is 13.3. The molecule has 1 saturated heterocycles. The van der Waals surface area contributed by atoms with Crippen LogP contribution in [0.1, 0.15) is 35.2 Å². The van der Waals surface area contributed by atoms with Gasteiger partial charge >= 0.3 is 0 Å². The molecule has 2 atom stereocenters. The molecule has 0 radical (unpaired) electrons. The molecule has 0 aromatic carbocycles. The Bertz CT molecular complexity index is 422. The van der Waals surface area contributed by atoms with E-state index >= 15 is 0 Å². The molecule has 100 valence electrons. The van der Waals surface area contributed by atoms with Crippen molar-refractivity contribution in [2.45, 2.75) is 27.2 Å². The zero-order valence-corrected chi connectivity index (χ0v) is 11.3. The largest absolute Gasteiger partial charge is 0.361 e. The van der Waals surface area contributed by atoms with Gasteiger partial charge in [-0.05, 0) is 38.6 Å². The third-order valence-corrected chi connectivity index (χ3v) is 3.95. The summed E-state index contributed by atoms with van der Waals surface area (Å²) in [7, 11) is 0. The molecular formula is C13H21N3O2. The Labute approximate surface area is 107 Å². The normalized spacial score (nSPS) is 24.3. The van der Waals surface area contributed by atoms with Crippen molar-refractivity contribution >= 4 is 5.91 Å². The summed E-state index contributed by atoms with van der Waals surface area (Å²) >= 11 is 0. The second-order valence-electron chi connectivity index (χ2n) is 5.21. The molecule has 18 heavy (non-hydrogen) atoms. The minimum atomic E-state index is 0.0246. The van der Waals surface area contributed by atoms with Crippen molar-refractivity contribution in [2.24, 2.45) is 17.6 Å². The number of rotatable bonds is 2. The summed E-state index contributed by atoms with van der Waals surface area (Å²) < 4.78 is 5.06. The van der Waals surface area contributed by atoms with Gasteiger partial charge in [0.25, 0.3) is 5.91 Å². The van der Waals surface area contributed by atoms with E-state index in [2.05, 4.69) is 12.1 Å². The number of aromatic nitrogens is 1. The Morgan fingerprint density at radius 2 is 2.28 bits per heavy atom. The number of carbonyl (C=O) groups excluding carboxylic acids is 1. The third kappa shape index (κ3) is 2.27. The second-order valence-corrected chi connectivity index (χ2v) is 5.21. The summed E-state index contributed by atoms with van der Waals surface area (Å²) in [5.74, 6) is 1.60. The highest BCUT2D eigenvalue weighted by atomic mass is 16.5. The lowest BCUT2D eigenvalue weighted by atomic mass is 9.87.